The maximum Gasteiger partial charge on any atom is 0.222 e. The fourth-order valence-corrected chi connectivity index (χ4v) is 3.51. The highest BCUT2D eigenvalue weighted by Crippen LogP contribution is 2.30. The summed E-state index contributed by atoms with van der Waals surface area (Å²) in [7, 11) is 3.98. The van der Waals surface area contributed by atoms with Crippen LogP contribution in [0.4, 0.5) is 5.95 Å². The van der Waals surface area contributed by atoms with E-state index in [1.54, 1.807) is 0 Å². The first-order valence-electron chi connectivity index (χ1n) is 8.97. The van der Waals surface area contributed by atoms with Gasteiger partial charge in [-0.05, 0) is 39.4 Å². The fraction of sp³-hybridized carbons (Fsp3) is 0.647. The lowest BCUT2D eigenvalue weighted by Gasteiger charge is -2.29. The van der Waals surface area contributed by atoms with Crippen LogP contribution in [-0.2, 0) is 4.74 Å². The summed E-state index contributed by atoms with van der Waals surface area (Å²) in [6.07, 6.45) is 6.81. The van der Waals surface area contributed by atoms with E-state index in [1.807, 2.05) is 19.4 Å². The van der Waals surface area contributed by atoms with Crippen LogP contribution in [-0.4, -0.2) is 70.0 Å². The van der Waals surface area contributed by atoms with Crippen LogP contribution in [0.2, 0.25) is 0 Å². The van der Waals surface area contributed by atoms with E-state index in [4.69, 9.17) is 14.8 Å². The van der Waals surface area contributed by atoms with Gasteiger partial charge in [0, 0.05) is 32.0 Å². The third kappa shape index (κ3) is 3.36. The highest BCUT2D eigenvalue weighted by molar-refractivity contribution is 5.53. The van der Waals surface area contributed by atoms with Gasteiger partial charge >= 0.3 is 0 Å². The van der Waals surface area contributed by atoms with Crippen LogP contribution in [0.5, 0.6) is 0 Å². The minimum Gasteiger partial charge on any atom is -0.381 e. The van der Waals surface area contributed by atoms with Gasteiger partial charge in [-0.2, -0.15) is 5.10 Å². The molecule has 0 radical (unpaired) electrons. The summed E-state index contributed by atoms with van der Waals surface area (Å²) in [5, 5.41) is 7.85. The van der Waals surface area contributed by atoms with Crippen molar-refractivity contribution in [3.8, 4) is 11.4 Å². The van der Waals surface area contributed by atoms with Crippen molar-refractivity contribution in [2.24, 2.45) is 0 Å². The van der Waals surface area contributed by atoms with E-state index in [1.165, 1.54) is 0 Å². The smallest absolute Gasteiger partial charge is 0.222 e. The summed E-state index contributed by atoms with van der Waals surface area (Å²) in [6.45, 7) is 3.68. The number of ether oxygens (including phenoxy) is 1. The molecular weight excluding hydrogens is 318 g/mol. The minimum absolute atomic E-state index is 0.295. The fourth-order valence-electron chi connectivity index (χ4n) is 3.51. The van der Waals surface area contributed by atoms with Crippen molar-refractivity contribution in [1.29, 1.82) is 0 Å². The number of rotatable bonds is 4. The SMILES string of the molecule is CNc1ncc(-c2nc([C@@H]3CCOC3)nn2C2CCN(C)CC2)cn1. The number of nitrogens with zero attached hydrogens (tertiary/aromatic N) is 6. The van der Waals surface area contributed by atoms with Gasteiger partial charge in [-0.1, -0.05) is 0 Å². The minimum atomic E-state index is 0.295. The van der Waals surface area contributed by atoms with Crippen molar-refractivity contribution < 1.29 is 4.74 Å². The Kier molecular flexibility index (Phi) is 4.63. The van der Waals surface area contributed by atoms with Crippen molar-refractivity contribution in [3.05, 3.63) is 18.2 Å². The molecule has 0 amide bonds. The Labute approximate surface area is 147 Å². The second kappa shape index (κ2) is 7.05. The van der Waals surface area contributed by atoms with Crippen molar-refractivity contribution in [2.75, 3.05) is 45.7 Å². The molecule has 4 heterocycles. The average molecular weight is 343 g/mol. The van der Waals surface area contributed by atoms with E-state index in [0.717, 1.165) is 56.2 Å². The second-order valence-corrected chi connectivity index (χ2v) is 6.88. The van der Waals surface area contributed by atoms with Gasteiger partial charge < -0.3 is 15.0 Å². The third-order valence-electron chi connectivity index (χ3n) is 5.11. The summed E-state index contributed by atoms with van der Waals surface area (Å²) >= 11 is 0. The number of hydrogen-bond donors (Lipinski definition) is 1. The Morgan fingerprint density at radius 3 is 2.56 bits per heavy atom. The summed E-state index contributed by atoms with van der Waals surface area (Å²) in [4.78, 5) is 15.9. The number of piperidine rings is 1. The predicted molar refractivity (Wildman–Crippen MR) is 94.5 cm³/mol. The zero-order valence-corrected chi connectivity index (χ0v) is 14.9. The van der Waals surface area contributed by atoms with E-state index in [2.05, 4.69) is 31.9 Å². The first-order chi connectivity index (χ1) is 12.2. The normalized spacial score (nSPS) is 22.4. The number of anilines is 1. The average Bonchev–Trinajstić information content (AvgIpc) is 3.32. The summed E-state index contributed by atoms with van der Waals surface area (Å²) in [6, 6.07) is 0.374. The van der Waals surface area contributed by atoms with Crippen LogP contribution < -0.4 is 5.32 Å². The van der Waals surface area contributed by atoms with Crippen molar-refractivity contribution in [1.82, 2.24) is 29.6 Å². The first-order valence-corrected chi connectivity index (χ1v) is 8.97. The second-order valence-electron chi connectivity index (χ2n) is 6.88. The summed E-state index contributed by atoms with van der Waals surface area (Å²) in [5.41, 5.74) is 0.913. The zero-order chi connectivity index (χ0) is 17.2. The zero-order valence-electron chi connectivity index (χ0n) is 14.9. The number of aromatic nitrogens is 5. The molecule has 4 rings (SSSR count). The first kappa shape index (κ1) is 16.4. The molecule has 8 nitrogen and oxygen atoms in total. The molecule has 2 aromatic rings. The summed E-state index contributed by atoms with van der Waals surface area (Å²) in [5.74, 6) is 2.67. The van der Waals surface area contributed by atoms with E-state index in [-0.39, 0.29) is 0 Å². The van der Waals surface area contributed by atoms with Crippen LogP contribution in [0, 0.1) is 0 Å². The highest BCUT2D eigenvalue weighted by Gasteiger charge is 2.28. The Balaban J connectivity index is 1.69. The van der Waals surface area contributed by atoms with Crippen LogP contribution in [0.1, 0.15) is 37.0 Å². The van der Waals surface area contributed by atoms with Gasteiger partial charge in [-0.15, -0.1) is 0 Å². The summed E-state index contributed by atoms with van der Waals surface area (Å²) < 4.78 is 7.64. The van der Waals surface area contributed by atoms with Crippen molar-refractivity contribution in [3.63, 3.8) is 0 Å². The van der Waals surface area contributed by atoms with Gasteiger partial charge in [0.1, 0.15) is 0 Å². The molecule has 134 valence electrons. The molecule has 0 bridgehead atoms. The number of likely N-dealkylation sites (tertiary alicyclic amines) is 1. The molecule has 2 fully saturated rings. The Morgan fingerprint density at radius 2 is 1.92 bits per heavy atom. The topological polar surface area (TPSA) is 81.0 Å². The molecule has 2 saturated heterocycles. The van der Waals surface area contributed by atoms with E-state index < -0.39 is 0 Å². The van der Waals surface area contributed by atoms with Gasteiger partial charge in [0.25, 0.3) is 0 Å². The lowest BCUT2D eigenvalue weighted by Crippen LogP contribution is -2.32. The third-order valence-corrected chi connectivity index (χ3v) is 5.11. The van der Waals surface area contributed by atoms with Gasteiger partial charge in [-0.25, -0.2) is 19.6 Å². The Hall–Kier alpha value is -2.06. The molecule has 2 aromatic heterocycles. The maximum atomic E-state index is 5.53. The van der Waals surface area contributed by atoms with Gasteiger partial charge in [-0.3, -0.25) is 0 Å². The van der Waals surface area contributed by atoms with E-state index in [9.17, 15) is 0 Å². The quantitative estimate of drug-likeness (QED) is 0.902. The Morgan fingerprint density at radius 1 is 1.16 bits per heavy atom. The van der Waals surface area contributed by atoms with Crippen molar-refractivity contribution in [2.45, 2.75) is 31.2 Å². The molecule has 25 heavy (non-hydrogen) atoms. The molecule has 8 heteroatoms. The van der Waals surface area contributed by atoms with Crippen LogP contribution >= 0.6 is 0 Å². The molecule has 1 atom stereocenters. The molecule has 0 aliphatic carbocycles. The molecule has 0 spiro atoms. The molecule has 0 saturated carbocycles. The van der Waals surface area contributed by atoms with Crippen LogP contribution in [0.15, 0.2) is 12.4 Å². The number of nitrogens with one attached hydrogen (secondary N) is 1. The van der Waals surface area contributed by atoms with Gasteiger partial charge in [0.2, 0.25) is 5.95 Å². The molecule has 2 aliphatic rings. The number of hydrogen-bond acceptors (Lipinski definition) is 7. The predicted octanol–water partition coefficient (Wildman–Crippen LogP) is 1.55. The van der Waals surface area contributed by atoms with E-state index in [0.29, 0.717) is 24.5 Å². The molecular formula is C17H25N7O. The molecule has 1 N–H and O–H groups in total. The van der Waals surface area contributed by atoms with Crippen molar-refractivity contribution >= 4 is 5.95 Å². The molecule has 2 aliphatic heterocycles. The van der Waals surface area contributed by atoms with E-state index >= 15 is 0 Å². The van der Waals surface area contributed by atoms with Gasteiger partial charge in [0.15, 0.2) is 11.6 Å². The standard InChI is InChI=1S/C17H25N7O/c1-18-17-19-9-13(10-20-17)16-21-15(12-5-8-25-11-12)22-24(16)14-3-6-23(2)7-4-14/h9-10,12,14H,3-8,11H2,1-2H3,(H,18,19,20)/t12-/m1/s1. The maximum absolute atomic E-state index is 5.53. The monoisotopic (exact) mass is 343 g/mol. The highest BCUT2D eigenvalue weighted by atomic mass is 16.5. The lowest BCUT2D eigenvalue weighted by molar-refractivity contribution is 0.192. The van der Waals surface area contributed by atoms with Gasteiger partial charge in [0.05, 0.1) is 18.2 Å². The van der Waals surface area contributed by atoms with Crippen LogP contribution in [0.3, 0.4) is 0 Å². The van der Waals surface area contributed by atoms with Crippen LogP contribution in [0.25, 0.3) is 11.4 Å². The molecule has 0 aromatic carbocycles. The Bertz CT molecular complexity index is 700. The molecule has 0 unspecified atom stereocenters. The largest absolute Gasteiger partial charge is 0.381 e. The lowest BCUT2D eigenvalue weighted by atomic mass is 10.1.